The van der Waals surface area contributed by atoms with Gasteiger partial charge in [-0.2, -0.15) is 5.10 Å². The van der Waals surface area contributed by atoms with Gasteiger partial charge in [-0.15, -0.1) is 0 Å². The molecule has 0 amide bonds. The van der Waals surface area contributed by atoms with Gasteiger partial charge < -0.3 is 14.8 Å². The fourth-order valence-electron chi connectivity index (χ4n) is 2.42. The zero-order valence-corrected chi connectivity index (χ0v) is 13.3. The van der Waals surface area contributed by atoms with E-state index in [1.54, 1.807) is 18.9 Å². The van der Waals surface area contributed by atoms with E-state index in [1.165, 1.54) is 5.56 Å². The van der Waals surface area contributed by atoms with Gasteiger partial charge in [0.15, 0.2) is 0 Å². The molecule has 1 unspecified atom stereocenters. The molecule has 5 heteroatoms. The maximum Gasteiger partial charge on any atom is 0.216 e. The summed E-state index contributed by atoms with van der Waals surface area (Å²) in [4.78, 5) is 0. The van der Waals surface area contributed by atoms with Crippen LogP contribution < -0.4 is 14.8 Å². The number of nitrogens with one attached hydrogen (secondary N) is 1. The van der Waals surface area contributed by atoms with Gasteiger partial charge in [-0.3, -0.25) is 0 Å². The summed E-state index contributed by atoms with van der Waals surface area (Å²) in [7, 11) is 5.24. The summed E-state index contributed by atoms with van der Waals surface area (Å²) in [5, 5.41) is 7.90. The minimum absolute atomic E-state index is 0.212. The molecule has 0 bridgehead atoms. The molecular formula is C16H23N3O2. The molecule has 0 radical (unpaired) electrons. The second-order valence-corrected chi connectivity index (χ2v) is 5.08. The molecule has 2 rings (SSSR count). The van der Waals surface area contributed by atoms with Crippen molar-refractivity contribution in [2.75, 3.05) is 14.2 Å². The second-order valence-electron chi connectivity index (χ2n) is 5.08. The third kappa shape index (κ3) is 3.36. The Kier molecular flexibility index (Phi) is 4.85. The number of aryl methyl sites for hydroxylation is 2. The lowest BCUT2D eigenvalue weighted by Crippen LogP contribution is -2.18. The van der Waals surface area contributed by atoms with Crippen LogP contribution in [-0.4, -0.2) is 24.0 Å². The lowest BCUT2D eigenvalue weighted by molar-refractivity contribution is 0.367. The van der Waals surface area contributed by atoms with Crippen molar-refractivity contribution >= 4 is 0 Å². The van der Waals surface area contributed by atoms with Gasteiger partial charge in [0.25, 0.3) is 0 Å². The highest BCUT2D eigenvalue weighted by molar-refractivity contribution is 5.32. The van der Waals surface area contributed by atoms with Gasteiger partial charge >= 0.3 is 0 Å². The van der Waals surface area contributed by atoms with Crippen molar-refractivity contribution in [3.8, 4) is 11.6 Å². The molecule has 21 heavy (non-hydrogen) atoms. The molecule has 2 aromatic rings. The smallest absolute Gasteiger partial charge is 0.216 e. The first-order chi connectivity index (χ1) is 10.1. The van der Waals surface area contributed by atoms with E-state index < -0.39 is 0 Å². The van der Waals surface area contributed by atoms with Crippen LogP contribution >= 0.6 is 0 Å². The van der Waals surface area contributed by atoms with Gasteiger partial charge in [0, 0.05) is 19.6 Å². The first-order valence-corrected chi connectivity index (χ1v) is 7.00. The van der Waals surface area contributed by atoms with Gasteiger partial charge in [0.1, 0.15) is 5.75 Å². The van der Waals surface area contributed by atoms with Crippen LogP contribution in [0.3, 0.4) is 0 Å². The van der Waals surface area contributed by atoms with Crippen LogP contribution in [0.1, 0.15) is 29.8 Å². The molecule has 0 spiro atoms. The summed E-state index contributed by atoms with van der Waals surface area (Å²) in [5.41, 5.74) is 3.27. The number of ether oxygens (including phenoxy) is 2. The minimum Gasteiger partial charge on any atom is -0.497 e. The average molecular weight is 289 g/mol. The quantitative estimate of drug-likeness (QED) is 0.888. The van der Waals surface area contributed by atoms with Crippen molar-refractivity contribution in [2.45, 2.75) is 26.4 Å². The van der Waals surface area contributed by atoms with Crippen LogP contribution in [0.2, 0.25) is 0 Å². The highest BCUT2D eigenvalue weighted by atomic mass is 16.5. The van der Waals surface area contributed by atoms with Crippen LogP contribution in [0.5, 0.6) is 11.6 Å². The summed E-state index contributed by atoms with van der Waals surface area (Å²) < 4.78 is 12.4. The third-order valence-corrected chi connectivity index (χ3v) is 3.66. The lowest BCUT2D eigenvalue weighted by Gasteiger charge is -2.15. The molecule has 1 N–H and O–H groups in total. The van der Waals surface area contributed by atoms with Crippen molar-refractivity contribution in [2.24, 2.45) is 7.05 Å². The molecular weight excluding hydrogens is 266 g/mol. The number of benzene rings is 1. The molecule has 1 aromatic heterocycles. The topological polar surface area (TPSA) is 48.3 Å². The van der Waals surface area contributed by atoms with E-state index in [0.29, 0.717) is 6.54 Å². The molecule has 1 heterocycles. The molecule has 0 aliphatic rings. The van der Waals surface area contributed by atoms with Crippen LogP contribution in [0.15, 0.2) is 24.3 Å². The maximum atomic E-state index is 5.41. The van der Waals surface area contributed by atoms with E-state index in [0.717, 1.165) is 22.9 Å². The van der Waals surface area contributed by atoms with Crippen molar-refractivity contribution in [3.05, 3.63) is 41.1 Å². The van der Waals surface area contributed by atoms with E-state index in [2.05, 4.69) is 23.4 Å². The second kappa shape index (κ2) is 6.63. The molecule has 0 saturated carbocycles. The molecule has 0 aliphatic carbocycles. The largest absolute Gasteiger partial charge is 0.497 e. The van der Waals surface area contributed by atoms with Crippen LogP contribution in [0, 0.1) is 6.92 Å². The summed E-state index contributed by atoms with van der Waals surface area (Å²) in [6.45, 7) is 4.84. The van der Waals surface area contributed by atoms with Crippen molar-refractivity contribution in [1.29, 1.82) is 0 Å². The Morgan fingerprint density at radius 2 is 2.05 bits per heavy atom. The highest BCUT2D eigenvalue weighted by Gasteiger charge is 2.15. The van der Waals surface area contributed by atoms with Crippen LogP contribution in [-0.2, 0) is 13.6 Å². The van der Waals surface area contributed by atoms with Crippen LogP contribution in [0.25, 0.3) is 0 Å². The fourth-order valence-corrected chi connectivity index (χ4v) is 2.42. The molecule has 0 aliphatic heterocycles. The normalized spacial score (nSPS) is 12.2. The lowest BCUT2D eigenvalue weighted by atomic mass is 10.1. The average Bonchev–Trinajstić information content (AvgIpc) is 2.77. The molecule has 0 saturated heterocycles. The molecule has 0 fully saturated rings. The van der Waals surface area contributed by atoms with Crippen molar-refractivity contribution in [3.63, 3.8) is 0 Å². The van der Waals surface area contributed by atoms with Crippen LogP contribution in [0.4, 0.5) is 0 Å². The molecule has 114 valence electrons. The van der Waals surface area contributed by atoms with Crippen molar-refractivity contribution < 1.29 is 9.47 Å². The zero-order valence-electron chi connectivity index (χ0n) is 13.3. The Balaban J connectivity index is 2.09. The highest BCUT2D eigenvalue weighted by Crippen LogP contribution is 2.23. The van der Waals surface area contributed by atoms with Gasteiger partial charge in [-0.25, -0.2) is 4.68 Å². The first kappa shape index (κ1) is 15.4. The fraction of sp³-hybridized carbons (Fsp3) is 0.438. The predicted octanol–water partition coefficient (Wildman–Crippen LogP) is 2.60. The first-order valence-electron chi connectivity index (χ1n) is 7.00. The number of hydrogen-bond acceptors (Lipinski definition) is 4. The minimum atomic E-state index is 0.212. The van der Waals surface area contributed by atoms with E-state index in [9.17, 15) is 0 Å². The third-order valence-electron chi connectivity index (χ3n) is 3.66. The van der Waals surface area contributed by atoms with E-state index in [4.69, 9.17) is 9.47 Å². The summed E-state index contributed by atoms with van der Waals surface area (Å²) >= 11 is 0. The van der Waals surface area contributed by atoms with E-state index in [-0.39, 0.29) is 6.04 Å². The predicted molar refractivity (Wildman–Crippen MR) is 82.7 cm³/mol. The van der Waals surface area contributed by atoms with Gasteiger partial charge in [-0.05, 0) is 31.5 Å². The maximum absolute atomic E-state index is 5.41. The summed E-state index contributed by atoms with van der Waals surface area (Å²) in [5.74, 6) is 1.68. The summed E-state index contributed by atoms with van der Waals surface area (Å²) in [6, 6.07) is 8.30. The number of methoxy groups -OCH3 is 2. The number of rotatable bonds is 6. The Morgan fingerprint density at radius 3 is 2.71 bits per heavy atom. The van der Waals surface area contributed by atoms with E-state index in [1.807, 2.05) is 32.2 Å². The Hall–Kier alpha value is -2.01. The van der Waals surface area contributed by atoms with Crippen molar-refractivity contribution in [1.82, 2.24) is 15.1 Å². The van der Waals surface area contributed by atoms with E-state index >= 15 is 0 Å². The standard InChI is InChI=1S/C16H23N3O2/c1-11(13-7-6-8-14(9-13)20-4)17-10-15-12(2)18-19(3)16(15)21-5/h6-9,11,17H,10H2,1-5H3. The monoisotopic (exact) mass is 289 g/mol. The Labute approximate surface area is 125 Å². The zero-order chi connectivity index (χ0) is 15.4. The molecule has 1 atom stereocenters. The van der Waals surface area contributed by atoms with Gasteiger partial charge in [0.2, 0.25) is 5.88 Å². The SMILES string of the molecule is COc1cccc(C(C)NCc2c(C)nn(C)c2OC)c1. The number of aromatic nitrogens is 2. The summed E-state index contributed by atoms with van der Waals surface area (Å²) in [6.07, 6.45) is 0. The number of hydrogen-bond donors (Lipinski definition) is 1. The Bertz CT molecular complexity index is 608. The Morgan fingerprint density at radius 1 is 1.29 bits per heavy atom. The number of nitrogens with zero attached hydrogens (tertiary/aromatic N) is 2. The molecule has 5 nitrogen and oxygen atoms in total. The van der Waals surface area contributed by atoms with Gasteiger partial charge in [-0.1, -0.05) is 12.1 Å². The molecule has 1 aromatic carbocycles. The van der Waals surface area contributed by atoms with Gasteiger partial charge in [0.05, 0.1) is 25.5 Å².